The predicted molar refractivity (Wildman–Crippen MR) is 92.2 cm³/mol. The highest BCUT2D eigenvalue weighted by Crippen LogP contribution is 2.10. The minimum atomic E-state index is -3.55. The molecule has 0 aliphatic carbocycles. The summed E-state index contributed by atoms with van der Waals surface area (Å²) in [4.78, 5) is 10.5. The molecule has 2 heterocycles. The van der Waals surface area contributed by atoms with Crippen molar-refractivity contribution in [2.45, 2.75) is 30.8 Å². The average molecular weight is 355 g/mol. The summed E-state index contributed by atoms with van der Waals surface area (Å²) in [5.41, 5.74) is 0. The van der Waals surface area contributed by atoms with Gasteiger partial charge in [0.25, 0.3) is 0 Å². The normalized spacial score (nSPS) is 17.1. The fourth-order valence-corrected chi connectivity index (χ4v) is 3.42. The first kappa shape index (κ1) is 18.6. The molecule has 1 saturated heterocycles. The van der Waals surface area contributed by atoms with Gasteiger partial charge >= 0.3 is 0 Å². The molecule has 0 atom stereocenters. The van der Waals surface area contributed by atoms with Gasteiger partial charge in [0, 0.05) is 38.6 Å². The SMILES string of the molecule is CCNC(=NCCNS(=O)(=O)c1cccnc1)N1CCC(O)CC1. The van der Waals surface area contributed by atoms with Gasteiger partial charge < -0.3 is 15.3 Å². The lowest BCUT2D eigenvalue weighted by molar-refractivity contribution is 0.108. The fourth-order valence-electron chi connectivity index (χ4n) is 2.43. The molecule has 134 valence electrons. The van der Waals surface area contributed by atoms with Gasteiger partial charge in [0.15, 0.2) is 5.96 Å². The first-order valence-electron chi connectivity index (χ1n) is 8.14. The molecule has 24 heavy (non-hydrogen) atoms. The minimum absolute atomic E-state index is 0.144. The summed E-state index contributed by atoms with van der Waals surface area (Å²) in [6.07, 6.45) is 4.04. The number of aromatic nitrogens is 1. The Labute approximate surface area is 143 Å². The average Bonchev–Trinajstić information content (AvgIpc) is 2.59. The van der Waals surface area contributed by atoms with Gasteiger partial charge in [-0.05, 0) is 31.9 Å². The molecule has 0 aromatic carbocycles. The van der Waals surface area contributed by atoms with E-state index in [9.17, 15) is 13.5 Å². The highest BCUT2D eigenvalue weighted by Gasteiger charge is 2.19. The lowest BCUT2D eigenvalue weighted by atomic mass is 10.1. The summed E-state index contributed by atoms with van der Waals surface area (Å²) >= 11 is 0. The van der Waals surface area contributed by atoms with Gasteiger partial charge in [-0.3, -0.25) is 9.98 Å². The third-order valence-electron chi connectivity index (χ3n) is 3.71. The Hall–Kier alpha value is -1.71. The van der Waals surface area contributed by atoms with Crippen LogP contribution in [0.5, 0.6) is 0 Å². The van der Waals surface area contributed by atoms with Crippen molar-refractivity contribution in [1.29, 1.82) is 0 Å². The highest BCUT2D eigenvalue weighted by atomic mass is 32.2. The van der Waals surface area contributed by atoms with Crippen molar-refractivity contribution in [3.8, 4) is 0 Å². The molecule has 1 aliphatic rings. The third-order valence-corrected chi connectivity index (χ3v) is 5.16. The van der Waals surface area contributed by atoms with Gasteiger partial charge in [0.1, 0.15) is 4.90 Å². The van der Waals surface area contributed by atoms with Gasteiger partial charge in [-0.25, -0.2) is 13.1 Å². The van der Waals surface area contributed by atoms with Crippen molar-refractivity contribution in [3.63, 3.8) is 0 Å². The van der Waals surface area contributed by atoms with Crippen LogP contribution in [0.15, 0.2) is 34.4 Å². The summed E-state index contributed by atoms with van der Waals surface area (Å²) in [7, 11) is -3.55. The number of nitrogens with one attached hydrogen (secondary N) is 2. The molecule has 1 aromatic heterocycles. The Morgan fingerprint density at radius 3 is 2.83 bits per heavy atom. The zero-order valence-corrected chi connectivity index (χ0v) is 14.7. The van der Waals surface area contributed by atoms with Crippen LogP contribution in [0.25, 0.3) is 0 Å². The number of hydrogen-bond donors (Lipinski definition) is 3. The second-order valence-corrected chi connectivity index (χ2v) is 7.31. The maximum absolute atomic E-state index is 12.1. The van der Waals surface area contributed by atoms with E-state index in [2.05, 4.69) is 24.9 Å². The molecule has 0 radical (unpaired) electrons. The van der Waals surface area contributed by atoms with E-state index in [4.69, 9.17) is 0 Å². The van der Waals surface area contributed by atoms with Crippen molar-refractivity contribution in [2.75, 3.05) is 32.7 Å². The highest BCUT2D eigenvalue weighted by molar-refractivity contribution is 7.89. The molecule has 3 N–H and O–H groups in total. The Morgan fingerprint density at radius 1 is 1.46 bits per heavy atom. The summed E-state index contributed by atoms with van der Waals surface area (Å²) in [5.74, 6) is 0.755. The standard InChI is InChI=1S/C15H25N5O3S/c1-2-17-15(20-10-5-13(21)6-11-20)18-8-9-19-24(22,23)14-4-3-7-16-12-14/h3-4,7,12-13,19,21H,2,5-6,8-11H2,1H3,(H,17,18). The first-order valence-corrected chi connectivity index (χ1v) is 9.62. The third kappa shape index (κ3) is 5.43. The number of hydrogen-bond acceptors (Lipinski definition) is 5. The summed E-state index contributed by atoms with van der Waals surface area (Å²) in [6.45, 7) is 4.75. The van der Waals surface area contributed by atoms with Crippen molar-refractivity contribution in [1.82, 2.24) is 19.9 Å². The quantitative estimate of drug-likeness (QED) is 0.370. The van der Waals surface area contributed by atoms with Gasteiger partial charge in [0.05, 0.1) is 12.6 Å². The van der Waals surface area contributed by atoms with Gasteiger partial charge in [-0.1, -0.05) is 0 Å². The van der Waals surface area contributed by atoms with Crippen LogP contribution < -0.4 is 10.0 Å². The van der Waals surface area contributed by atoms with Crippen LogP contribution in [0.1, 0.15) is 19.8 Å². The lowest BCUT2D eigenvalue weighted by Crippen LogP contribution is -2.46. The van der Waals surface area contributed by atoms with Crippen LogP contribution in [0.2, 0.25) is 0 Å². The van der Waals surface area contributed by atoms with Gasteiger partial charge in [-0.2, -0.15) is 0 Å². The Morgan fingerprint density at radius 2 is 2.21 bits per heavy atom. The number of aliphatic imine (C=N–C) groups is 1. The lowest BCUT2D eigenvalue weighted by Gasteiger charge is -2.32. The van der Waals surface area contributed by atoms with E-state index < -0.39 is 10.0 Å². The monoisotopic (exact) mass is 355 g/mol. The van der Waals surface area contributed by atoms with E-state index in [0.29, 0.717) is 6.54 Å². The molecule has 0 spiro atoms. The summed E-state index contributed by atoms with van der Waals surface area (Å²) < 4.78 is 26.7. The molecule has 8 nitrogen and oxygen atoms in total. The molecule has 1 aromatic rings. The Bertz CT molecular complexity index is 628. The van der Waals surface area contributed by atoms with E-state index >= 15 is 0 Å². The number of aliphatic hydroxyl groups is 1. The zero-order valence-electron chi connectivity index (χ0n) is 13.9. The number of aliphatic hydroxyl groups excluding tert-OH is 1. The number of likely N-dealkylation sites (tertiary alicyclic amines) is 1. The maximum Gasteiger partial charge on any atom is 0.242 e. The smallest absolute Gasteiger partial charge is 0.242 e. The van der Waals surface area contributed by atoms with Crippen molar-refractivity contribution < 1.29 is 13.5 Å². The van der Waals surface area contributed by atoms with E-state index in [-0.39, 0.29) is 17.5 Å². The second-order valence-electron chi connectivity index (χ2n) is 5.54. The van der Waals surface area contributed by atoms with Crippen LogP contribution in [0.3, 0.4) is 0 Å². The molecular formula is C15H25N5O3S. The molecule has 0 unspecified atom stereocenters. The van der Waals surface area contributed by atoms with Crippen LogP contribution in [-0.4, -0.2) is 68.2 Å². The fraction of sp³-hybridized carbons (Fsp3) is 0.600. The van der Waals surface area contributed by atoms with Crippen molar-refractivity contribution in [3.05, 3.63) is 24.5 Å². The molecule has 0 amide bonds. The van der Waals surface area contributed by atoms with Crippen LogP contribution >= 0.6 is 0 Å². The number of sulfonamides is 1. The summed E-state index contributed by atoms with van der Waals surface area (Å²) in [5, 5.41) is 12.8. The number of nitrogens with zero attached hydrogens (tertiary/aromatic N) is 3. The second kappa shape index (κ2) is 8.95. The van der Waals surface area contributed by atoms with Crippen LogP contribution in [0, 0.1) is 0 Å². The van der Waals surface area contributed by atoms with Crippen LogP contribution in [0.4, 0.5) is 0 Å². The number of pyridine rings is 1. The molecule has 2 rings (SSSR count). The molecule has 0 bridgehead atoms. The maximum atomic E-state index is 12.1. The van der Waals surface area contributed by atoms with E-state index in [1.54, 1.807) is 6.07 Å². The van der Waals surface area contributed by atoms with Crippen molar-refractivity contribution in [2.24, 2.45) is 4.99 Å². The van der Waals surface area contributed by atoms with Gasteiger partial charge in [0.2, 0.25) is 10.0 Å². The minimum Gasteiger partial charge on any atom is -0.393 e. The van der Waals surface area contributed by atoms with E-state index in [0.717, 1.165) is 38.4 Å². The summed E-state index contributed by atoms with van der Waals surface area (Å²) in [6, 6.07) is 3.09. The van der Waals surface area contributed by atoms with E-state index in [1.807, 2.05) is 6.92 Å². The number of rotatable bonds is 6. The first-order chi connectivity index (χ1) is 11.5. The topological polar surface area (TPSA) is 107 Å². The molecule has 1 aliphatic heterocycles. The molecular weight excluding hydrogens is 330 g/mol. The number of piperidine rings is 1. The zero-order chi connectivity index (χ0) is 17.4. The predicted octanol–water partition coefficient (Wildman–Crippen LogP) is -0.218. The molecule has 1 fully saturated rings. The van der Waals surface area contributed by atoms with E-state index in [1.165, 1.54) is 18.5 Å². The van der Waals surface area contributed by atoms with Crippen LogP contribution in [-0.2, 0) is 10.0 Å². The Balaban J connectivity index is 1.88. The van der Waals surface area contributed by atoms with Gasteiger partial charge in [-0.15, -0.1) is 0 Å². The largest absolute Gasteiger partial charge is 0.393 e. The molecule has 0 saturated carbocycles. The Kier molecular flexibility index (Phi) is 6.95. The van der Waals surface area contributed by atoms with Crippen molar-refractivity contribution >= 4 is 16.0 Å². The molecule has 9 heteroatoms. The number of guanidine groups is 1.